The standard InChI is InChI=1S/C27H24N10O/c1-15(2)27(38)32-19-10-17(12-29-14-19)18-11-21-23(34-35-24(21)31-13-18)26-33-22-20(6-9-30-25(22)36-37-26)16-4-3-7-28-8-5-16/h4-15H,3H2,1-2H3,(H,30,36)(H,32,38)(H,33,37)(H,31,34,35). The van der Waals surface area contributed by atoms with Gasteiger partial charge in [0.05, 0.1) is 17.3 Å². The Morgan fingerprint density at radius 1 is 1.08 bits per heavy atom. The van der Waals surface area contributed by atoms with Crippen LogP contribution < -0.4 is 16.2 Å². The summed E-state index contributed by atoms with van der Waals surface area (Å²) in [6, 6.07) is 5.79. The number of carbonyl (C=O) groups is 1. The summed E-state index contributed by atoms with van der Waals surface area (Å²) in [5.74, 6) is 0.977. The molecule has 0 fully saturated rings. The van der Waals surface area contributed by atoms with Crippen LogP contribution in [-0.4, -0.2) is 43.1 Å². The van der Waals surface area contributed by atoms with E-state index in [4.69, 9.17) is 4.99 Å². The summed E-state index contributed by atoms with van der Waals surface area (Å²) < 4.78 is 0. The average molecular weight is 505 g/mol. The molecule has 0 radical (unpaired) electrons. The second-order valence-corrected chi connectivity index (χ2v) is 9.11. The van der Waals surface area contributed by atoms with Crippen LogP contribution in [0.15, 0.2) is 71.3 Å². The predicted molar refractivity (Wildman–Crippen MR) is 148 cm³/mol. The quantitative estimate of drug-likeness (QED) is 0.315. The van der Waals surface area contributed by atoms with Gasteiger partial charge in [-0.2, -0.15) is 5.10 Å². The lowest BCUT2D eigenvalue weighted by Crippen LogP contribution is -2.33. The van der Waals surface area contributed by atoms with Gasteiger partial charge in [-0.3, -0.25) is 30.7 Å². The smallest absolute Gasteiger partial charge is 0.226 e. The summed E-state index contributed by atoms with van der Waals surface area (Å²) in [6.45, 7) is 3.69. The van der Waals surface area contributed by atoms with E-state index in [1.807, 2.05) is 44.3 Å². The predicted octanol–water partition coefficient (Wildman–Crippen LogP) is 4.39. The molecule has 6 rings (SSSR count). The zero-order valence-electron chi connectivity index (χ0n) is 20.7. The molecule has 1 amide bonds. The Morgan fingerprint density at radius 2 is 1.97 bits per heavy atom. The zero-order chi connectivity index (χ0) is 26.1. The van der Waals surface area contributed by atoms with Crippen molar-refractivity contribution in [2.75, 3.05) is 10.7 Å². The fraction of sp³-hybridized carbons (Fsp3) is 0.148. The minimum absolute atomic E-state index is 0.0692. The number of hydrazine groups is 1. The van der Waals surface area contributed by atoms with Gasteiger partial charge in [-0.15, -0.1) is 0 Å². The van der Waals surface area contributed by atoms with Crippen molar-refractivity contribution in [3.8, 4) is 11.1 Å². The maximum atomic E-state index is 12.1. The van der Waals surface area contributed by atoms with E-state index in [0.29, 0.717) is 34.4 Å². The van der Waals surface area contributed by atoms with Gasteiger partial charge in [-0.05, 0) is 29.8 Å². The number of nitrogens with one attached hydrogen (secondary N) is 4. The number of anilines is 2. The van der Waals surface area contributed by atoms with Crippen molar-refractivity contribution in [3.63, 3.8) is 0 Å². The van der Waals surface area contributed by atoms with Gasteiger partial charge >= 0.3 is 0 Å². The minimum atomic E-state index is -0.133. The van der Waals surface area contributed by atoms with Crippen molar-refractivity contribution in [3.05, 3.63) is 72.6 Å². The Hall–Kier alpha value is -5.19. The molecule has 2 aliphatic rings. The van der Waals surface area contributed by atoms with Crippen molar-refractivity contribution >= 4 is 51.8 Å². The highest BCUT2D eigenvalue weighted by molar-refractivity contribution is 6.11. The van der Waals surface area contributed by atoms with Crippen molar-refractivity contribution in [2.45, 2.75) is 20.3 Å². The maximum absolute atomic E-state index is 12.1. The van der Waals surface area contributed by atoms with Crippen molar-refractivity contribution < 1.29 is 4.79 Å². The van der Waals surface area contributed by atoms with E-state index < -0.39 is 0 Å². The Kier molecular flexibility index (Phi) is 5.92. The van der Waals surface area contributed by atoms with E-state index in [0.717, 1.165) is 34.1 Å². The summed E-state index contributed by atoms with van der Waals surface area (Å²) in [5.41, 5.74) is 12.4. The molecule has 0 saturated heterocycles. The largest absolute Gasteiger partial charge is 0.324 e. The number of carbonyl (C=O) groups excluding carboxylic acids is 1. The number of aliphatic imine (C=N–C) groups is 2. The highest BCUT2D eigenvalue weighted by Crippen LogP contribution is 2.36. The Morgan fingerprint density at radius 3 is 2.87 bits per heavy atom. The van der Waals surface area contributed by atoms with Gasteiger partial charge in [0.2, 0.25) is 5.91 Å². The molecule has 2 aliphatic heterocycles. The second-order valence-electron chi connectivity index (χ2n) is 9.11. The van der Waals surface area contributed by atoms with E-state index >= 15 is 0 Å². The average Bonchev–Trinajstić information content (AvgIpc) is 3.17. The molecule has 38 heavy (non-hydrogen) atoms. The third kappa shape index (κ3) is 4.41. The van der Waals surface area contributed by atoms with E-state index in [2.05, 4.69) is 52.4 Å². The van der Waals surface area contributed by atoms with Crippen molar-refractivity contribution in [1.29, 1.82) is 0 Å². The number of aromatic amines is 1. The maximum Gasteiger partial charge on any atom is 0.226 e. The van der Waals surface area contributed by atoms with E-state index in [1.54, 1.807) is 31.0 Å². The molecule has 0 unspecified atom stereocenters. The first-order valence-electron chi connectivity index (χ1n) is 12.2. The number of fused-ring (bicyclic) bond motifs is 2. The van der Waals surface area contributed by atoms with Gasteiger partial charge < -0.3 is 5.32 Å². The Balaban J connectivity index is 1.38. The van der Waals surface area contributed by atoms with Gasteiger partial charge in [0.1, 0.15) is 11.4 Å². The van der Waals surface area contributed by atoms with Crippen LogP contribution in [0.3, 0.4) is 0 Å². The molecule has 188 valence electrons. The number of hydrogen-bond acceptors (Lipinski definition) is 9. The van der Waals surface area contributed by atoms with Crippen LogP contribution in [0.4, 0.5) is 17.2 Å². The molecule has 4 aromatic rings. The van der Waals surface area contributed by atoms with Crippen LogP contribution in [0.1, 0.15) is 31.5 Å². The fourth-order valence-corrected chi connectivity index (χ4v) is 4.15. The molecule has 0 aliphatic carbocycles. The molecule has 0 saturated carbocycles. The summed E-state index contributed by atoms with van der Waals surface area (Å²) in [6.07, 6.45) is 15.3. The summed E-state index contributed by atoms with van der Waals surface area (Å²) >= 11 is 0. The van der Waals surface area contributed by atoms with Crippen LogP contribution in [0, 0.1) is 5.92 Å². The third-order valence-electron chi connectivity index (χ3n) is 6.16. The van der Waals surface area contributed by atoms with Crippen molar-refractivity contribution in [1.82, 2.24) is 30.6 Å². The van der Waals surface area contributed by atoms with Crippen LogP contribution in [0.25, 0.3) is 27.7 Å². The molecule has 0 spiro atoms. The SMILES string of the molecule is CC(C)C(=O)Nc1cncc(-c2cnc3n[nH]c(C4=Nc5c(C6=CCC=NC=C6)ccnc5NN4)c3c2)c1. The number of hydrogen-bond donors (Lipinski definition) is 4. The molecule has 0 bridgehead atoms. The highest BCUT2D eigenvalue weighted by Gasteiger charge is 2.21. The summed E-state index contributed by atoms with van der Waals surface area (Å²) in [5, 5.41) is 11.1. The molecule has 6 heterocycles. The molecule has 0 aromatic carbocycles. The van der Waals surface area contributed by atoms with Crippen LogP contribution in [0.2, 0.25) is 0 Å². The van der Waals surface area contributed by atoms with Crippen LogP contribution in [0.5, 0.6) is 0 Å². The summed E-state index contributed by atoms with van der Waals surface area (Å²) in [7, 11) is 0. The number of nitrogens with zero attached hydrogens (tertiary/aromatic N) is 6. The fourth-order valence-electron chi connectivity index (χ4n) is 4.15. The van der Waals surface area contributed by atoms with Gasteiger partial charge in [-0.25, -0.2) is 15.0 Å². The topological polar surface area (TPSA) is 145 Å². The highest BCUT2D eigenvalue weighted by atomic mass is 16.1. The first-order valence-corrected chi connectivity index (χ1v) is 12.2. The molecule has 11 nitrogen and oxygen atoms in total. The molecule has 11 heteroatoms. The molecule has 4 aromatic heterocycles. The Labute approximate surface area is 217 Å². The monoisotopic (exact) mass is 504 g/mol. The number of rotatable bonds is 5. The van der Waals surface area contributed by atoms with Gasteiger partial charge in [0.15, 0.2) is 17.3 Å². The molecule has 0 atom stereocenters. The lowest BCUT2D eigenvalue weighted by atomic mass is 10.0. The lowest BCUT2D eigenvalue weighted by Gasteiger charge is -2.20. The minimum Gasteiger partial charge on any atom is -0.324 e. The number of pyridine rings is 3. The van der Waals surface area contributed by atoms with Gasteiger partial charge in [-0.1, -0.05) is 19.9 Å². The number of amidine groups is 1. The van der Waals surface area contributed by atoms with Gasteiger partial charge in [0, 0.05) is 60.0 Å². The third-order valence-corrected chi connectivity index (χ3v) is 6.16. The number of amides is 1. The normalized spacial score (nSPS) is 14.3. The van der Waals surface area contributed by atoms with E-state index in [-0.39, 0.29) is 11.8 Å². The van der Waals surface area contributed by atoms with Crippen LogP contribution in [-0.2, 0) is 4.79 Å². The first-order chi connectivity index (χ1) is 18.6. The zero-order valence-corrected chi connectivity index (χ0v) is 20.7. The first kappa shape index (κ1) is 23.2. The number of aromatic nitrogens is 5. The molecular weight excluding hydrogens is 480 g/mol. The second kappa shape index (κ2) is 9.69. The van der Waals surface area contributed by atoms with E-state index in [1.165, 1.54) is 0 Å². The molecular formula is C27H24N10O. The molecule has 4 N–H and O–H groups in total. The summed E-state index contributed by atoms with van der Waals surface area (Å²) in [4.78, 5) is 34.5. The Bertz CT molecular complexity index is 1680. The lowest BCUT2D eigenvalue weighted by molar-refractivity contribution is -0.118. The van der Waals surface area contributed by atoms with Crippen LogP contribution >= 0.6 is 0 Å². The number of allylic oxidation sites excluding steroid dienone is 3. The van der Waals surface area contributed by atoms with E-state index in [9.17, 15) is 4.79 Å². The van der Waals surface area contributed by atoms with Crippen molar-refractivity contribution in [2.24, 2.45) is 15.9 Å². The number of H-pyrrole nitrogens is 1. The van der Waals surface area contributed by atoms with Gasteiger partial charge in [0.25, 0.3) is 0 Å².